The molecule has 0 saturated heterocycles. The highest BCUT2D eigenvalue weighted by molar-refractivity contribution is 5.90. The predicted molar refractivity (Wildman–Crippen MR) is 57.6 cm³/mol. The van der Waals surface area contributed by atoms with Crippen molar-refractivity contribution >= 4 is 12.3 Å². The summed E-state index contributed by atoms with van der Waals surface area (Å²) in [6, 6.07) is 9.04. The third kappa shape index (κ3) is 2.34. The van der Waals surface area contributed by atoms with E-state index in [-0.39, 0.29) is 23.0 Å². The number of carbonyl (C=O) groups is 2. The Hall–Kier alpha value is -2.56. The van der Waals surface area contributed by atoms with E-state index in [1.807, 2.05) is 0 Å². The number of rotatable bonds is 4. The number of ether oxygens (including phenoxy) is 1. The van der Waals surface area contributed by atoms with Crippen LogP contribution >= 0.6 is 0 Å². The van der Waals surface area contributed by atoms with Crippen LogP contribution in [0.5, 0.6) is 11.7 Å². The SMILES string of the molecule is O=Cc1ccc(Oc2ccccc2C(=O)O)o1. The minimum absolute atomic E-state index is 0.0246. The molecule has 0 amide bonds. The van der Waals surface area contributed by atoms with Gasteiger partial charge in [0.15, 0.2) is 12.0 Å². The number of carboxylic acids is 1. The molecule has 1 N–H and O–H groups in total. The van der Waals surface area contributed by atoms with Gasteiger partial charge >= 0.3 is 5.97 Å². The van der Waals surface area contributed by atoms with Crippen LogP contribution in [0.1, 0.15) is 20.9 Å². The molecule has 0 bridgehead atoms. The van der Waals surface area contributed by atoms with Crippen molar-refractivity contribution in [2.75, 3.05) is 0 Å². The number of carbonyl (C=O) groups excluding carboxylic acids is 1. The summed E-state index contributed by atoms with van der Waals surface area (Å²) in [5, 5.41) is 8.93. The Morgan fingerprint density at radius 1 is 1.24 bits per heavy atom. The lowest BCUT2D eigenvalue weighted by atomic mass is 10.2. The minimum Gasteiger partial charge on any atom is -0.478 e. The van der Waals surface area contributed by atoms with Gasteiger partial charge in [0, 0.05) is 6.07 Å². The first kappa shape index (κ1) is 10.9. The summed E-state index contributed by atoms with van der Waals surface area (Å²) in [7, 11) is 0. The van der Waals surface area contributed by atoms with E-state index in [0.717, 1.165) is 0 Å². The van der Waals surface area contributed by atoms with Gasteiger partial charge in [-0.3, -0.25) is 4.79 Å². The standard InChI is InChI=1S/C12H8O5/c13-7-8-5-6-11(16-8)17-10-4-2-1-3-9(10)12(14)15/h1-7H,(H,14,15). The molecule has 2 rings (SSSR count). The first-order valence-corrected chi connectivity index (χ1v) is 4.76. The summed E-state index contributed by atoms with van der Waals surface area (Å²) in [5.74, 6) is -0.747. The quantitative estimate of drug-likeness (QED) is 0.820. The van der Waals surface area contributed by atoms with Gasteiger partial charge in [-0.15, -0.1) is 0 Å². The number of carboxylic acid groups (broad SMARTS) is 1. The maximum atomic E-state index is 10.9. The topological polar surface area (TPSA) is 76.7 Å². The molecule has 17 heavy (non-hydrogen) atoms. The molecule has 0 saturated carbocycles. The Bertz CT molecular complexity index is 556. The second-order valence-corrected chi connectivity index (χ2v) is 3.18. The van der Waals surface area contributed by atoms with E-state index >= 15 is 0 Å². The maximum absolute atomic E-state index is 10.9. The molecule has 0 aliphatic carbocycles. The van der Waals surface area contributed by atoms with Gasteiger partial charge < -0.3 is 14.3 Å². The van der Waals surface area contributed by atoms with Crippen molar-refractivity contribution < 1.29 is 23.8 Å². The van der Waals surface area contributed by atoms with Gasteiger partial charge in [-0.05, 0) is 18.2 Å². The summed E-state index contributed by atoms with van der Waals surface area (Å²) in [6.45, 7) is 0. The zero-order valence-electron chi connectivity index (χ0n) is 8.62. The lowest BCUT2D eigenvalue weighted by molar-refractivity contribution is 0.0693. The number of aldehydes is 1. The summed E-state index contributed by atoms with van der Waals surface area (Å²) in [5.41, 5.74) is 0.0246. The van der Waals surface area contributed by atoms with Gasteiger partial charge in [-0.1, -0.05) is 12.1 Å². The molecule has 0 fully saturated rings. The number of hydrogen-bond donors (Lipinski definition) is 1. The van der Waals surface area contributed by atoms with Crippen LogP contribution in [0.4, 0.5) is 0 Å². The van der Waals surface area contributed by atoms with Crippen LogP contribution in [0.25, 0.3) is 0 Å². The van der Waals surface area contributed by atoms with E-state index in [1.165, 1.54) is 24.3 Å². The van der Waals surface area contributed by atoms with Crippen LogP contribution in [0.3, 0.4) is 0 Å². The summed E-state index contributed by atoms with van der Waals surface area (Å²) >= 11 is 0. The Balaban J connectivity index is 2.29. The van der Waals surface area contributed by atoms with Gasteiger partial charge in [0.2, 0.25) is 0 Å². The molecule has 2 aromatic rings. The van der Waals surface area contributed by atoms with Crippen molar-refractivity contribution in [1.29, 1.82) is 0 Å². The van der Waals surface area contributed by atoms with Crippen LogP contribution in [0.15, 0.2) is 40.8 Å². The molecule has 1 heterocycles. The summed E-state index contributed by atoms with van der Waals surface area (Å²) in [4.78, 5) is 21.3. The summed E-state index contributed by atoms with van der Waals surface area (Å²) in [6.07, 6.45) is 0.538. The van der Waals surface area contributed by atoms with Crippen LogP contribution in [-0.4, -0.2) is 17.4 Å². The fourth-order valence-electron chi connectivity index (χ4n) is 1.29. The van der Waals surface area contributed by atoms with E-state index in [2.05, 4.69) is 0 Å². The van der Waals surface area contributed by atoms with Crippen LogP contribution in [-0.2, 0) is 0 Å². The van der Waals surface area contributed by atoms with Gasteiger partial charge in [0.05, 0.1) is 0 Å². The van der Waals surface area contributed by atoms with Crippen molar-refractivity contribution in [3.05, 3.63) is 47.7 Å². The molecule has 0 radical (unpaired) electrons. The zero-order valence-corrected chi connectivity index (χ0v) is 8.62. The first-order chi connectivity index (χ1) is 8.20. The van der Waals surface area contributed by atoms with Crippen LogP contribution in [0.2, 0.25) is 0 Å². The van der Waals surface area contributed by atoms with Gasteiger partial charge in [0.1, 0.15) is 11.3 Å². The Morgan fingerprint density at radius 2 is 2.00 bits per heavy atom. The van der Waals surface area contributed by atoms with Gasteiger partial charge in [0.25, 0.3) is 5.95 Å². The molecule has 0 aliphatic rings. The fourth-order valence-corrected chi connectivity index (χ4v) is 1.29. The van der Waals surface area contributed by atoms with Crippen molar-refractivity contribution in [3.63, 3.8) is 0 Å². The second kappa shape index (κ2) is 4.52. The molecule has 5 nitrogen and oxygen atoms in total. The van der Waals surface area contributed by atoms with Gasteiger partial charge in [-0.2, -0.15) is 0 Å². The van der Waals surface area contributed by atoms with Crippen LogP contribution < -0.4 is 4.74 Å². The van der Waals surface area contributed by atoms with E-state index < -0.39 is 5.97 Å². The van der Waals surface area contributed by atoms with Gasteiger partial charge in [-0.25, -0.2) is 4.79 Å². The monoisotopic (exact) mass is 232 g/mol. The molecular formula is C12H8O5. The predicted octanol–water partition coefficient (Wildman–Crippen LogP) is 2.58. The zero-order chi connectivity index (χ0) is 12.3. The average molecular weight is 232 g/mol. The Morgan fingerprint density at radius 3 is 2.65 bits per heavy atom. The number of aromatic carboxylic acids is 1. The van der Waals surface area contributed by atoms with Crippen LogP contribution in [0, 0.1) is 0 Å². The summed E-state index contributed by atoms with van der Waals surface area (Å²) < 4.78 is 10.2. The molecule has 1 aromatic carbocycles. The van der Waals surface area contributed by atoms with E-state index in [4.69, 9.17) is 14.3 Å². The van der Waals surface area contributed by atoms with Crippen molar-refractivity contribution in [2.24, 2.45) is 0 Å². The highest BCUT2D eigenvalue weighted by Gasteiger charge is 2.12. The molecule has 1 aromatic heterocycles. The van der Waals surface area contributed by atoms with E-state index in [0.29, 0.717) is 6.29 Å². The fraction of sp³-hybridized carbons (Fsp3) is 0. The smallest absolute Gasteiger partial charge is 0.339 e. The Kier molecular flexibility index (Phi) is 2.91. The lowest BCUT2D eigenvalue weighted by Gasteiger charge is -2.04. The van der Waals surface area contributed by atoms with E-state index in [9.17, 15) is 9.59 Å². The molecule has 5 heteroatoms. The molecule has 0 unspecified atom stereocenters. The average Bonchev–Trinajstić information content (AvgIpc) is 2.77. The number of benzene rings is 1. The van der Waals surface area contributed by atoms with E-state index in [1.54, 1.807) is 12.1 Å². The molecule has 0 spiro atoms. The third-order valence-corrected chi connectivity index (χ3v) is 2.05. The van der Waals surface area contributed by atoms with Crippen molar-refractivity contribution in [1.82, 2.24) is 0 Å². The highest BCUT2D eigenvalue weighted by atomic mass is 16.6. The molecule has 86 valence electrons. The normalized spacial score (nSPS) is 9.88. The van der Waals surface area contributed by atoms with Crippen molar-refractivity contribution in [2.45, 2.75) is 0 Å². The lowest BCUT2D eigenvalue weighted by Crippen LogP contribution is -1.99. The number of hydrogen-bond acceptors (Lipinski definition) is 4. The molecular weight excluding hydrogens is 224 g/mol. The highest BCUT2D eigenvalue weighted by Crippen LogP contribution is 2.26. The third-order valence-electron chi connectivity index (χ3n) is 2.05. The number of para-hydroxylation sites is 1. The molecule has 0 aliphatic heterocycles. The largest absolute Gasteiger partial charge is 0.478 e. The molecule has 0 atom stereocenters. The van der Waals surface area contributed by atoms with Crippen molar-refractivity contribution in [3.8, 4) is 11.7 Å². The minimum atomic E-state index is -1.09. The Labute approximate surface area is 96.2 Å². The number of furan rings is 1. The first-order valence-electron chi connectivity index (χ1n) is 4.76. The maximum Gasteiger partial charge on any atom is 0.339 e. The second-order valence-electron chi connectivity index (χ2n) is 3.18.